The van der Waals surface area contributed by atoms with Crippen molar-refractivity contribution in [1.82, 2.24) is 0 Å². The number of nitro benzene ring substituents is 1. The molecule has 18 heavy (non-hydrogen) atoms. The maximum absolute atomic E-state index is 10.9. The number of hydrogen-bond donors (Lipinski definition) is 1. The highest BCUT2D eigenvalue weighted by atomic mass is 16.6. The van der Waals surface area contributed by atoms with E-state index in [1.54, 1.807) is 6.07 Å². The Kier molecular flexibility index (Phi) is 5.62. The third-order valence-corrected chi connectivity index (χ3v) is 2.36. The molecule has 0 fully saturated rings. The van der Waals surface area contributed by atoms with Gasteiger partial charge in [0.1, 0.15) is 0 Å². The van der Waals surface area contributed by atoms with Crippen molar-refractivity contribution in [1.29, 1.82) is 0 Å². The summed E-state index contributed by atoms with van der Waals surface area (Å²) in [6, 6.07) is 3.22. The summed E-state index contributed by atoms with van der Waals surface area (Å²) in [4.78, 5) is 10.4. The number of rotatable bonds is 2. The predicted molar refractivity (Wildman–Crippen MR) is 74.1 cm³/mol. The van der Waals surface area contributed by atoms with Crippen LogP contribution in [-0.4, -0.2) is 12.0 Å². The maximum Gasteiger partial charge on any atom is 0.313 e. The summed E-state index contributed by atoms with van der Waals surface area (Å²) in [5.74, 6) is 0.123. The minimum atomic E-state index is -0.482. The van der Waals surface area contributed by atoms with Gasteiger partial charge in [0.25, 0.3) is 0 Å². The van der Waals surface area contributed by atoms with E-state index in [-0.39, 0.29) is 16.9 Å². The molecule has 0 aliphatic rings. The molecule has 5 nitrogen and oxygen atoms in total. The van der Waals surface area contributed by atoms with E-state index in [9.17, 15) is 10.1 Å². The molecule has 0 unspecified atom stereocenters. The normalized spacial score (nSPS) is 10.3. The number of hydrogen-bond acceptors (Lipinski definition) is 4. The Hall–Kier alpha value is -1.78. The first kappa shape index (κ1) is 16.2. The van der Waals surface area contributed by atoms with Crippen LogP contribution in [0.25, 0.3) is 0 Å². The molecule has 1 rings (SSSR count). The third kappa shape index (κ3) is 3.61. The molecule has 1 aromatic carbocycles. The summed E-state index contributed by atoms with van der Waals surface area (Å²) in [6.07, 6.45) is 0. The van der Waals surface area contributed by atoms with Crippen LogP contribution in [0.15, 0.2) is 12.1 Å². The van der Waals surface area contributed by atoms with Crippen LogP contribution in [-0.2, 0) is 5.41 Å². The van der Waals surface area contributed by atoms with Crippen LogP contribution in [0, 0.1) is 10.1 Å². The molecular weight excluding hydrogens is 232 g/mol. The highest BCUT2D eigenvalue weighted by molar-refractivity contribution is 5.66. The van der Waals surface area contributed by atoms with Crippen molar-refractivity contribution in [3.63, 3.8) is 0 Å². The Labute approximate surface area is 108 Å². The van der Waals surface area contributed by atoms with Crippen LogP contribution in [0.1, 0.15) is 40.2 Å². The zero-order valence-corrected chi connectivity index (χ0v) is 11.9. The van der Waals surface area contributed by atoms with Gasteiger partial charge in [-0.15, -0.1) is 0 Å². The summed E-state index contributed by atoms with van der Waals surface area (Å²) < 4.78 is 4.94. The van der Waals surface area contributed by atoms with E-state index in [4.69, 9.17) is 10.5 Å². The largest absolute Gasteiger partial charge is 0.489 e. The van der Waals surface area contributed by atoms with Crippen LogP contribution in [0.5, 0.6) is 5.75 Å². The first-order valence-electron chi connectivity index (χ1n) is 5.89. The molecule has 0 amide bonds. The zero-order chi connectivity index (χ0) is 14.5. The van der Waals surface area contributed by atoms with Crippen molar-refractivity contribution < 1.29 is 9.66 Å². The van der Waals surface area contributed by atoms with Gasteiger partial charge in [0, 0.05) is 6.07 Å². The zero-order valence-electron chi connectivity index (χ0n) is 11.9. The Bertz CT molecular complexity index is 423. The summed E-state index contributed by atoms with van der Waals surface area (Å²) in [7, 11) is 1.37. The first-order chi connectivity index (χ1) is 8.27. The van der Waals surface area contributed by atoms with Gasteiger partial charge in [-0.1, -0.05) is 34.6 Å². The lowest BCUT2D eigenvalue weighted by molar-refractivity contribution is -0.385. The van der Waals surface area contributed by atoms with Crippen molar-refractivity contribution in [2.24, 2.45) is 0 Å². The van der Waals surface area contributed by atoms with E-state index in [1.807, 2.05) is 34.6 Å². The molecule has 0 aromatic heterocycles. The van der Waals surface area contributed by atoms with E-state index in [0.29, 0.717) is 5.69 Å². The molecule has 102 valence electrons. The fourth-order valence-electron chi connectivity index (χ4n) is 1.43. The molecule has 0 atom stereocenters. The van der Waals surface area contributed by atoms with Gasteiger partial charge in [-0.3, -0.25) is 10.1 Å². The van der Waals surface area contributed by atoms with Crippen LogP contribution < -0.4 is 10.5 Å². The molecule has 0 saturated heterocycles. The standard InChI is InChI=1S/C11H16N2O3.C2H6/c1-11(2,3)7-5-8(12)10(16-4)9(6-7)13(14)15;1-2/h5-6H,12H2,1-4H3;1-2H3. The molecule has 0 saturated carbocycles. The second-order valence-electron chi connectivity index (χ2n) is 4.62. The Morgan fingerprint density at radius 3 is 2.11 bits per heavy atom. The molecule has 5 heteroatoms. The van der Waals surface area contributed by atoms with Crippen molar-refractivity contribution in [2.45, 2.75) is 40.0 Å². The second kappa shape index (κ2) is 6.23. The van der Waals surface area contributed by atoms with Gasteiger partial charge < -0.3 is 10.5 Å². The number of nitrogens with zero attached hydrogens (tertiary/aromatic N) is 1. The lowest BCUT2D eigenvalue weighted by atomic mass is 9.86. The van der Waals surface area contributed by atoms with Crippen molar-refractivity contribution in [3.8, 4) is 5.75 Å². The molecule has 0 bridgehead atoms. The van der Waals surface area contributed by atoms with E-state index in [1.165, 1.54) is 13.2 Å². The fraction of sp³-hybridized carbons (Fsp3) is 0.538. The van der Waals surface area contributed by atoms with Gasteiger partial charge in [-0.25, -0.2) is 0 Å². The van der Waals surface area contributed by atoms with Crippen LogP contribution >= 0.6 is 0 Å². The second-order valence-corrected chi connectivity index (χ2v) is 4.62. The summed E-state index contributed by atoms with van der Waals surface area (Å²) in [6.45, 7) is 9.91. The summed E-state index contributed by atoms with van der Waals surface area (Å²) in [5.41, 5.74) is 6.57. The number of anilines is 1. The summed E-state index contributed by atoms with van der Waals surface area (Å²) in [5, 5.41) is 10.9. The molecular formula is C13H22N2O3. The van der Waals surface area contributed by atoms with Crippen molar-refractivity contribution >= 4 is 11.4 Å². The average Bonchev–Trinajstić information content (AvgIpc) is 2.29. The van der Waals surface area contributed by atoms with Gasteiger partial charge in [0.15, 0.2) is 0 Å². The number of ether oxygens (including phenoxy) is 1. The predicted octanol–water partition coefficient (Wildman–Crippen LogP) is 3.51. The van der Waals surface area contributed by atoms with Gasteiger partial charge in [0.05, 0.1) is 17.7 Å². The van der Waals surface area contributed by atoms with Gasteiger partial charge in [-0.2, -0.15) is 0 Å². The van der Waals surface area contributed by atoms with E-state index < -0.39 is 4.92 Å². The lowest BCUT2D eigenvalue weighted by Crippen LogP contribution is -2.12. The molecule has 2 N–H and O–H groups in total. The quantitative estimate of drug-likeness (QED) is 0.497. The highest BCUT2D eigenvalue weighted by Gasteiger charge is 2.24. The SMILES string of the molecule is CC.COc1c(N)cc(C(C)(C)C)cc1[N+](=O)[O-]. The lowest BCUT2D eigenvalue weighted by Gasteiger charge is -2.20. The fourth-order valence-corrected chi connectivity index (χ4v) is 1.43. The van der Waals surface area contributed by atoms with Crippen LogP contribution in [0.3, 0.4) is 0 Å². The van der Waals surface area contributed by atoms with E-state index >= 15 is 0 Å². The molecule has 1 aromatic rings. The smallest absolute Gasteiger partial charge is 0.313 e. The van der Waals surface area contributed by atoms with Crippen LogP contribution in [0.2, 0.25) is 0 Å². The van der Waals surface area contributed by atoms with Gasteiger partial charge in [-0.05, 0) is 17.0 Å². The van der Waals surface area contributed by atoms with E-state index in [2.05, 4.69) is 0 Å². The van der Waals surface area contributed by atoms with Gasteiger partial charge >= 0.3 is 5.69 Å². The molecule has 0 heterocycles. The van der Waals surface area contributed by atoms with Crippen LogP contribution in [0.4, 0.5) is 11.4 Å². The number of nitro groups is 1. The minimum Gasteiger partial charge on any atom is -0.489 e. The highest BCUT2D eigenvalue weighted by Crippen LogP contribution is 2.37. The number of benzene rings is 1. The molecule has 0 radical (unpaired) electrons. The van der Waals surface area contributed by atoms with Crippen molar-refractivity contribution in [2.75, 3.05) is 12.8 Å². The Morgan fingerprint density at radius 1 is 1.28 bits per heavy atom. The Balaban J connectivity index is 0.00000137. The summed E-state index contributed by atoms with van der Waals surface area (Å²) >= 11 is 0. The van der Waals surface area contributed by atoms with Gasteiger partial charge in [0.2, 0.25) is 5.75 Å². The maximum atomic E-state index is 10.9. The minimum absolute atomic E-state index is 0.0903. The average molecular weight is 254 g/mol. The third-order valence-electron chi connectivity index (χ3n) is 2.36. The van der Waals surface area contributed by atoms with E-state index in [0.717, 1.165) is 5.56 Å². The Morgan fingerprint density at radius 2 is 1.78 bits per heavy atom. The number of nitrogen functional groups attached to an aromatic ring is 1. The first-order valence-corrected chi connectivity index (χ1v) is 5.89. The number of methoxy groups -OCH3 is 1. The molecule has 0 aliphatic heterocycles. The topological polar surface area (TPSA) is 78.4 Å². The molecule has 0 spiro atoms. The van der Waals surface area contributed by atoms with Crippen molar-refractivity contribution in [3.05, 3.63) is 27.8 Å². The molecule has 0 aliphatic carbocycles. The monoisotopic (exact) mass is 254 g/mol. The number of nitrogens with two attached hydrogens (primary N) is 1.